The van der Waals surface area contributed by atoms with E-state index in [4.69, 9.17) is 16.3 Å². The number of fused-ring (bicyclic) bond motifs is 1. The van der Waals surface area contributed by atoms with E-state index in [1.807, 2.05) is 0 Å². The van der Waals surface area contributed by atoms with Crippen LogP contribution in [0.5, 0.6) is 5.75 Å². The Labute approximate surface area is 139 Å². The molecule has 2 aliphatic rings. The maximum Gasteiger partial charge on any atom is 0.262 e. The van der Waals surface area contributed by atoms with Crippen molar-refractivity contribution < 1.29 is 14.3 Å². The van der Waals surface area contributed by atoms with Crippen molar-refractivity contribution in [2.45, 2.75) is 12.8 Å². The Balaban J connectivity index is 0.00000176. The molecule has 1 unspecified atom stereocenters. The Bertz CT molecular complexity index is 589. The van der Waals surface area contributed by atoms with E-state index < -0.39 is 0 Å². The number of rotatable bonds is 2. The number of carbonyl (C=O) groups excluding carboxylic acids is 2. The van der Waals surface area contributed by atoms with E-state index in [-0.39, 0.29) is 36.7 Å². The molecule has 22 heavy (non-hydrogen) atoms. The lowest BCUT2D eigenvalue weighted by atomic mass is 9.99. The Kier molecular flexibility index (Phi) is 5.50. The number of ether oxygens (including phenoxy) is 1. The molecule has 120 valence electrons. The minimum absolute atomic E-state index is 0. The lowest BCUT2D eigenvalue weighted by Gasteiger charge is -2.23. The van der Waals surface area contributed by atoms with E-state index in [2.05, 4.69) is 16.0 Å². The Morgan fingerprint density at radius 2 is 2.23 bits per heavy atom. The minimum atomic E-state index is -0.219. The van der Waals surface area contributed by atoms with Gasteiger partial charge in [0.2, 0.25) is 5.91 Å². The molecule has 3 N–H and O–H groups in total. The number of anilines is 2. The molecule has 1 fully saturated rings. The molecule has 0 aliphatic carbocycles. The summed E-state index contributed by atoms with van der Waals surface area (Å²) >= 11 is 6.15. The average molecular weight is 346 g/mol. The highest BCUT2D eigenvalue weighted by Crippen LogP contribution is 2.36. The molecule has 0 spiro atoms. The van der Waals surface area contributed by atoms with E-state index in [9.17, 15) is 9.59 Å². The van der Waals surface area contributed by atoms with Crippen molar-refractivity contribution in [3.05, 3.63) is 17.2 Å². The summed E-state index contributed by atoms with van der Waals surface area (Å²) in [5.41, 5.74) is 1.02. The Morgan fingerprint density at radius 1 is 1.41 bits per heavy atom. The van der Waals surface area contributed by atoms with Crippen molar-refractivity contribution in [3.8, 4) is 5.75 Å². The van der Waals surface area contributed by atoms with Crippen LogP contribution in [-0.2, 0) is 9.59 Å². The number of nitrogens with one attached hydrogen (secondary N) is 3. The third kappa shape index (κ3) is 3.63. The molecule has 8 heteroatoms. The maximum absolute atomic E-state index is 12.2. The second-order valence-corrected chi connectivity index (χ2v) is 5.60. The molecule has 0 saturated carbocycles. The van der Waals surface area contributed by atoms with Gasteiger partial charge in [0.15, 0.2) is 6.61 Å². The van der Waals surface area contributed by atoms with E-state index in [0.29, 0.717) is 28.7 Å². The van der Waals surface area contributed by atoms with Crippen LogP contribution >= 0.6 is 24.0 Å². The average Bonchev–Trinajstić information content (AvgIpc) is 2.49. The van der Waals surface area contributed by atoms with Crippen molar-refractivity contribution in [2.24, 2.45) is 5.92 Å². The van der Waals surface area contributed by atoms with Crippen molar-refractivity contribution in [3.63, 3.8) is 0 Å². The molecule has 1 aromatic carbocycles. The quantitative estimate of drug-likeness (QED) is 0.766. The van der Waals surface area contributed by atoms with Crippen LogP contribution in [0.25, 0.3) is 0 Å². The number of amides is 2. The molecule has 0 aromatic heterocycles. The highest BCUT2D eigenvalue weighted by atomic mass is 35.5. The van der Waals surface area contributed by atoms with E-state index in [1.54, 1.807) is 12.1 Å². The van der Waals surface area contributed by atoms with Crippen LogP contribution in [0.1, 0.15) is 12.8 Å². The zero-order valence-electron chi connectivity index (χ0n) is 11.8. The van der Waals surface area contributed by atoms with Crippen LogP contribution in [0, 0.1) is 5.92 Å². The van der Waals surface area contributed by atoms with E-state index in [0.717, 1.165) is 19.4 Å². The van der Waals surface area contributed by atoms with Crippen LogP contribution in [0.4, 0.5) is 11.4 Å². The van der Waals surface area contributed by atoms with Gasteiger partial charge in [0.05, 0.1) is 22.3 Å². The molecular formula is C14H17Cl2N3O3. The van der Waals surface area contributed by atoms with Crippen LogP contribution in [0.2, 0.25) is 5.02 Å². The second-order valence-electron chi connectivity index (χ2n) is 5.20. The summed E-state index contributed by atoms with van der Waals surface area (Å²) in [7, 11) is 0. The topological polar surface area (TPSA) is 79.5 Å². The first-order chi connectivity index (χ1) is 10.1. The molecule has 2 amide bonds. The standard InChI is InChI=1S/C14H16ClN3O3.ClH/c15-9-4-11-12(21-7-13(19)17-11)5-10(9)18-14(20)8-2-1-3-16-6-8;/h4-5,8,16H,1-3,6-7H2,(H,17,19)(H,18,20);1H. The lowest BCUT2D eigenvalue weighted by Crippen LogP contribution is -2.37. The third-order valence-electron chi connectivity index (χ3n) is 3.63. The second kappa shape index (κ2) is 7.17. The van der Waals surface area contributed by atoms with Crippen LogP contribution in [0.15, 0.2) is 12.1 Å². The van der Waals surface area contributed by atoms with Crippen LogP contribution in [-0.4, -0.2) is 31.5 Å². The number of benzene rings is 1. The molecule has 2 aliphatic heterocycles. The third-order valence-corrected chi connectivity index (χ3v) is 3.94. The number of carbonyl (C=O) groups is 2. The summed E-state index contributed by atoms with van der Waals surface area (Å²) < 4.78 is 5.32. The molecule has 1 aromatic rings. The van der Waals surface area contributed by atoms with Crippen LogP contribution in [0.3, 0.4) is 0 Å². The van der Waals surface area contributed by atoms with Crippen LogP contribution < -0.4 is 20.7 Å². The van der Waals surface area contributed by atoms with Gasteiger partial charge in [0.25, 0.3) is 5.91 Å². The first-order valence-corrected chi connectivity index (χ1v) is 7.29. The summed E-state index contributed by atoms with van der Waals surface area (Å²) in [6, 6.07) is 3.23. The Hall–Kier alpha value is -1.50. The molecule has 1 atom stereocenters. The zero-order chi connectivity index (χ0) is 14.8. The summed E-state index contributed by atoms with van der Waals surface area (Å²) in [5.74, 6) is 0.190. The van der Waals surface area contributed by atoms with Gasteiger partial charge in [-0.2, -0.15) is 0 Å². The zero-order valence-corrected chi connectivity index (χ0v) is 13.4. The SMILES string of the molecule is Cl.O=C1COc2cc(NC(=O)C3CCCNC3)c(Cl)cc2N1. The predicted molar refractivity (Wildman–Crippen MR) is 87.0 cm³/mol. The lowest BCUT2D eigenvalue weighted by molar-refractivity contribution is -0.120. The van der Waals surface area contributed by atoms with Crippen molar-refractivity contribution >= 4 is 47.2 Å². The first-order valence-electron chi connectivity index (χ1n) is 6.91. The number of piperidine rings is 1. The fourth-order valence-corrected chi connectivity index (χ4v) is 2.72. The normalized spacial score (nSPS) is 20.0. The van der Waals surface area contributed by atoms with Gasteiger partial charge >= 0.3 is 0 Å². The highest BCUT2D eigenvalue weighted by Gasteiger charge is 2.23. The van der Waals surface area contributed by atoms with Gasteiger partial charge in [0, 0.05) is 12.6 Å². The molecular weight excluding hydrogens is 329 g/mol. The first kappa shape index (κ1) is 16.9. The van der Waals surface area contributed by atoms with Gasteiger partial charge in [-0.3, -0.25) is 9.59 Å². The van der Waals surface area contributed by atoms with Crippen molar-refractivity contribution in [2.75, 3.05) is 30.3 Å². The molecule has 3 rings (SSSR count). The summed E-state index contributed by atoms with van der Waals surface area (Å²) in [4.78, 5) is 23.5. The summed E-state index contributed by atoms with van der Waals surface area (Å²) in [6.07, 6.45) is 1.86. The fourth-order valence-electron chi connectivity index (χ4n) is 2.51. The number of hydrogen-bond donors (Lipinski definition) is 3. The molecule has 0 bridgehead atoms. The molecule has 2 heterocycles. The van der Waals surface area contributed by atoms with Gasteiger partial charge in [-0.15, -0.1) is 12.4 Å². The summed E-state index contributed by atoms with van der Waals surface area (Å²) in [5, 5.41) is 9.09. The minimum Gasteiger partial charge on any atom is -0.482 e. The van der Waals surface area contributed by atoms with Gasteiger partial charge in [-0.05, 0) is 25.5 Å². The molecule has 1 saturated heterocycles. The van der Waals surface area contributed by atoms with Crippen molar-refractivity contribution in [1.29, 1.82) is 0 Å². The molecule has 6 nitrogen and oxygen atoms in total. The maximum atomic E-state index is 12.2. The largest absolute Gasteiger partial charge is 0.482 e. The Morgan fingerprint density at radius 3 is 2.95 bits per heavy atom. The summed E-state index contributed by atoms with van der Waals surface area (Å²) in [6.45, 7) is 1.60. The molecule has 0 radical (unpaired) electrons. The number of halogens is 2. The predicted octanol–water partition coefficient (Wildman–Crippen LogP) is 2.03. The van der Waals surface area contributed by atoms with E-state index >= 15 is 0 Å². The van der Waals surface area contributed by atoms with Gasteiger partial charge in [-0.1, -0.05) is 11.6 Å². The smallest absolute Gasteiger partial charge is 0.262 e. The van der Waals surface area contributed by atoms with Gasteiger partial charge in [-0.25, -0.2) is 0 Å². The van der Waals surface area contributed by atoms with Crippen molar-refractivity contribution in [1.82, 2.24) is 5.32 Å². The highest BCUT2D eigenvalue weighted by molar-refractivity contribution is 6.34. The number of hydrogen-bond acceptors (Lipinski definition) is 4. The van der Waals surface area contributed by atoms with Gasteiger partial charge < -0.3 is 20.7 Å². The fraction of sp³-hybridized carbons (Fsp3) is 0.429. The van der Waals surface area contributed by atoms with E-state index in [1.165, 1.54) is 0 Å². The monoisotopic (exact) mass is 345 g/mol. The van der Waals surface area contributed by atoms with Gasteiger partial charge in [0.1, 0.15) is 5.75 Å².